The van der Waals surface area contributed by atoms with E-state index < -0.39 is 11.7 Å². The number of aromatic nitrogens is 4. The highest BCUT2D eigenvalue weighted by Gasteiger charge is 2.46. The standard InChI is InChI=1S/C21H23FN8O2/c1-13(31)29-11-21(12-29)3-6-28(7-4-21)16-2-5-24-9-15(16)26-20(32)17-18(23)27-30-10-14(22)8-25-19(17)30/h2,5,8-10H,3-4,6-7,11-12H2,1H3,(H2,23,27)(H,26,32). The molecule has 2 amide bonds. The Morgan fingerprint density at radius 2 is 1.97 bits per heavy atom. The summed E-state index contributed by atoms with van der Waals surface area (Å²) in [6, 6.07) is 1.86. The van der Waals surface area contributed by atoms with Crippen molar-refractivity contribution in [2.24, 2.45) is 5.41 Å². The van der Waals surface area contributed by atoms with Gasteiger partial charge >= 0.3 is 0 Å². The van der Waals surface area contributed by atoms with Gasteiger partial charge in [0.05, 0.1) is 30.0 Å². The number of rotatable bonds is 3. The summed E-state index contributed by atoms with van der Waals surface area (Å²) < 4.78 is 14.6. The lowest BCUT2D eigenvalue weighted by Gasteiger charge is -2.54. The van der Waals surface area contributed by atoms with Crippen LogP contribution in [-0.4, -0.2) is 62.5 Å². The highest BCUT2D eigenvalue weighted by Crippen LogP contribution is 2.42. The Morgan fingerprint density at radius 1 is 1.22 bits per heavy atom. The van der Waals surface area contributed by atoms with Crippen LogP contribution >= 0.6 is 0 Å². The summed E-state index contributed by atoms with van der Waals surface area (Å²) in [6.45, 7) is 4.88. The van der Waals surface area contributed by atoms with Gasteiger partial charge in [0.25, 0.3) is 5.91 Å². The molecular formula is C21H23FN8O2. The van der Waals surface area contributed by atoms with Gasteiger partial charge in [-0.1, -0.05) is 0 Å². The number of anilines is 3. The maximum Gasteiger partial charge on any atom is 0.263 e. The minimum Gasteiger partial charge on any atom is -0.381 e. The summed E-state index contributed by atoms with van der Waals surface area (Å²) >= 11 is 0. The molecule has 11 heteroatoms. The summed E-state index contributed by atoms with van der Waals surface area (Å²) in [4.78, 5) is 36.8. The molecule has 32 heavy (non-hydrogen) atoms. The molecule has 2 saturated heterocycles. The molecule has 3 N–H and O–H groups in total. The molecule has 2 aliphatic rings. The lowest BCUT2D eigenvalue weighted by molar-refractivity contribution is -0.142. The number of fused-ring (bicyclic) bond motifs is 1. The van der Waals surface area contributed by atoms with Gasteiger partial charge in [-0.3, -0.25) is 14.6 Å². The van der Waals surface area contributed by atoms with Crippen LogP contribution in [0.4, 0.5) is 21.6 Å². The van der Waals surface area contributed by atoms with E-state index in [-0.39, 0.29) is 28.4 Å². The number of hydrogen-bond donors (Lipinski definition) is 2. The molecule has 2 fully saturated rings. The second kappa shape index (κ2) is 7.43. The van der Waals surface area contributed by atoms with Gasteiger partial charge in [-0.15, -0.1) is 5.10 Å². The fraction of sp³-hybridized carbons (Fsp3) is 0.381. The number of carbonyl (C=O) groups is 2. The normalized spacial score (nSPS) is 17.4. The Kier molecular flexibility index (Phi) is 4.68. The monoisotopic (exact) mass is 438 g/mol. The van der Waals surface area contributed by atoms with Gasteiger partial charge < -0.3 is 20.9 Å². The second-order valence-corrected chi connectivity index (χ2v) is 8.51. The summed E-state index contributed by atoms with van der Waals surface area (Å²) in [5, 5.41) is 6.84. The zero-order valence-corrected chi connectivity index (χ0v) is 17.6. The molecule has 0 unspecified atom stereocenters. The Balaban J connectivity index is 1.33. The second-order valence-electron chi connectivity index (χ2n) is 8.51. The van der Waals surface area contributed by atoms with Crippen molar-refractivity contribution in [1.29, 1.82) is 0 Å². The van der Waals surface area contributed by atoms with Crippen LogP contribution in [0.3, 0.4) is 0 Å². The van der Waals surface area contributed by atoms with Crippen molar-refractivity contribution in [2.45, 2.75) is 19.8 Å². The average molecular weight is 438 g/mol. The number of halogens is 1. The fourth-order valence-corrected chi connectivity index (χ4v) is 4.62. The molecule has 0 bridgehead atoms. The van der Waals surface area contributed by atoms with Crippen molar-refractivity contribution in [3.63, 3.8) is 0 Å². The molecule has 1 spiro atoms. The maximum atomic E-state index is 13.4. The van der Waals surface area contributed by atoms with Crippen molar-refractivity contribution in [3.05, 3.63) is 42.2 Å². The summed E-state index contributed by atoms with van der Waals surface area (Å²) in [7, 11) is 0. The average Bonchev–Trinajstić information content (AvgIpc) is 3.07. The quantitative estimate of drug-likeness (QED) is 0.636. The van der Waals surface area contributed by atoms with Gasteiger partial charge in [-0.2, -0.15) is 0 Å². The van der Waals surface area contributed by atoms with Gasteiger partial charge in [-0.25, -0.2) is 13.9 Å². The SMILES string of the molecule is CC(=O)N1CC2(CCN(c3ccncc3NC(=O)c3c(N)nn4cc(F)cnc34)CC2)C1. The van der Waals surface area contributed by atoms with E-state index in [1.165, 1.54) is 0 Å². The largest absolute Gasteiger partial charge is 0.381 e. The number of carbonyl (C=O) groups excluding carboxylic acids is 2. The third-order valence-electron chi connectivity index (χ3n) is 6.40. The first-order valence-corrected chi connectivity index (χ1v) is 10.4. The summed E-state index contributed by atoms with van der Waals surface area (Å²) in [5.41, 5.74) is 7.78. The van der Waals surface area contributed by atoms with Crippen LogP contribution in [0.1, 0.15) is 30.1 Å². The first-order chi connectivity index (χ1) is 15.3. The third-order valence-corrected chi connectivity index (χ3v) is 6.40. The Morgan fingerprint density at radius 3 is 2.69 bits per heavy atom. The minimum atomic E-state index is -0.581. The highest BCUT2D eigenvalue weighted by atomic mass is 19.1. The molecular weight excluding hydrogens is 415 g/mol. The van der Waals surface area contributed by atoms with E-state index >= 15 is 0 Å². The van der Waals surface area contributed by atoms with Crippen LogP contribution in [0.5, 0.6) is 0 Å². The van der Waals surface area contributed by atoms with E-state index in [0.29, 0.717) is 5.69 Å². The summed E-state index contributed by atoms with van der Waals surface area (Å²) in [5.74, 6) is -0.981. The smallest absolute Gasteiger partial charge is 0.263 e. The van der Waals surface area contributed by atoms with Crippen LogP contribution in [0.15, 0.2) is 30.9 Å². The number of nitrogen functional groups attached to an aromatic ring is 1. The predicted molar refractivity (Wildman–Crippen MR) is 116 cm³/mol. The van der Waals surface area contributed by atoms with Crippen molar-refractivity contribution in [3.8, 4) is 0 Å². The van der Waals surface area contributed by atoms with E-state index in [2.05, 4.69) is 25.3 Å². The molecule has 10 nitrogen and oxygen atoms in total. The molecule has 0 radical (unpaired) electrons. The van der Waals surface area contributed by atoms with E-state index in [9.17, 15) is 14.0 Å². The number of amides is 2. The number of pyridine rings is 1. The Labute approximate surface area is 183 Å². The number of likely N-dealkylation sites (tertiary alicyclic amines) is 1. The number of piperidine rings is 1. The molecule has 166 valence electrons. The highest BCUT2D eigenvalue weighted by molar-refractivity contribution is 6.12. The van der Waals surface area contributed by atoms with E-state index in [1.807, 2.05) is 11.0 Å². The van der Waals surface area contributed by atoms with E-state index in [4.69, 9.17) is 5.73 Å². The maximum absolute atomic E-state index is 13.4. The molecule has 3 aromatic heterocycles. The molecule has 0 saturated carbocycles. The Hall–Kier alpha value is -3.76. The van der Waals surface area contributed by atoms with Crippen LogP contribution in [0.2, 0.25) is 0 Å². The van der Waals surface area contributed by atoms with Crippen molar-refractivity contribution in [1.82, 2.24) is 24.5 Å². The first-order valence-electron chi connectivity index (χ1n) is 10.4. The minimum absolute atomic E-state index is 0.0361. The van der Waals surface area contributed by atoms with Gasteiger partial charge in [-0.05, 0) is 18.9 Å². The van der Waals surface area contributed by atoms with Crippen molar-refractivity contribution in [2.75, 3.05) is 42.1 Å². The van der Waals surface area contributed by atoms with Gasteiger partial charge in [0.1, 0.15) is 5.56 Å². The molecule has 5 rings (SSSR count). The third kappa shape index (κ3) is 3.39. The number of nitrogens with one attached hydrogen (secondary N) is 1. The van der Waals surface area contributed by atoms with Gasteiger partial charge in [0.2, 0.25) is 5.91 Å². The first kappa shape index (κ1) is 20.2. The number of nitrogens with zero attached hydrogens (tertiary/aromatic N) is 6. The molecule has 2 aliphatic heterocycles. The zero-order chi connectivity index (χ0) is 22.5. The van der Waals surface area contributed by atoms with Gasteiger partial charge in [0, 0.05) is 44.7 Å². The Bertz CT molecular complexity index is 1210. The van der Waals surface area contributed by atoms with Crippen LogP contribution < -0.4 is 16.0 Å². The molecule has 5 heterocycles. The molecule has 3 aromatic rings. The van der Waals surface area contributed by atoms with Crippen molar-refractivity contribution >= 4 is 34.7 Å². The van der Waals surface area contributed by atoms with Crippen molar-refractivity contribution < 1.29 is 14.0 Å². The topological polar surface area (TPSA) is 122 Å². The van der Waals surface area contributed by atoms with Gasteiger partial charge in [0.15, 0.2) is 17.3 Å². The van der Waals surface area contributed by atoms with Crippen LogP contribution in [0.25, 0.3) is 5.65 Å². The lowest BCUT2D eigenvalue weighted by atomic mass is 9.72. The molecule has 0 aromatic carbocycles. The van der Waals surface area contributed by atoms with Crippen LogP contribution in [0, 0.1) is 11.2 Å². The molecule has 0 aliphatic carbocycles. The number of hydrogen-bond acceptors (Lipinski definition) is 7. The van der Waals surface area contributed by atoms with E-state index in [1.54, 1.807) is 19.3 Å². The summed E-state index contributed by atoms with van der Waals surface area (Å²) in [6.07, 6.45) is 7.35. The molecule has 0 atom stereocenters. The zero-order valence-electron chi connectivity index (χ0n) is 17.6. The predicted octanol–water partition coefficient (Wildman–Crippen LogP) is 1.55. The van der Waals surface area contributed by atoms with Crippen LogP contribution in [-0.2, 0) is 4.79 Å². The number of nitrogens with two attached hydrogens (primary N) is 1. The lowest BCUT2D eigenvalue weighted by Crippen LogP contribution is -2.61. The van der Waals surface area contributed by atoms with E-state index in [0.717, 1.165) is 61.6 Å². The fourth-order valence-electron chi connectivity index (χ4n) is 4.62.